The Labute approximate surface area is 139 Å². The molecule has 0 aliphatic heterocycles. The lowest BCUT2D eigenvalue weighted by atomic mass is 10.0. The molecule has 2 N–H and O–H groups in total. The zero-order valence-corrected chi connectivity index (χ0v) is 13.0. The Morgan fingerprint density at radius 3 is 2.42 bits per heavy atom. The SMILES string of the molecule is NCc1cc(-c2cc(F)ccc2F)ccc1OCc1ccccc1. The van der Waals surface area contributed by atoms with Crippen LogP contribution < -0.4 is 10.5 Å². The molecule has 0 aliphatic rings. The quantitative estimate of drug-likeness (QED) is 0.740. The van der Waals surface area contributed by atoms with E-state index in [1.54, 1.807) is 18.2 Å². The van der Waals surface area contributed by atoms with Gasteiger partial charge in [-0.15, -0.1) is 0 Å². The highest BCUT2D eigenvalue weighted by Crippen LogP contribution is 2.29. The van der Waals surface area contributed by atoms with E-state index in [1.807, 2.05) is 30.3 Å². The van der Waals surface area contributed by atoms with E-state index in [-0.39, 0.29) is 12.1 Å². The molecule has 24 heavy (non-hydrogen) atoms. The van der Waals surface area contributed by atoms with Crippen LogP contribution in [0.2, 0.25) is 0 Å². The van der Waals surface area contributed by atoms with E-state index >= 15 is 0 Å². The van der Waals surface area contributed by atoms with Gasteiger partial charge in [-0.05, 0) is 41.5 Å². The minimum absolute atomic E-state index is 0.208. The van der Waals surface area contributed by atoms with Crippen LogP contribution in [0, 0.1) is 11.6 Å². The van der Waals surface area contributed by atoms with Crippen LogP contribution in [-0.2, 0) is 13.2 Å². The van der Waals surface area contributed by atoms with Gasteiger partial charge in [0.05, 0.1) is 0 Å². The molecule has 0 atom stereocenters. The minimum atomic E-state index is -0.481. The van der Waals surface area contributed by atoms with Gasteiger partial charge in [-0.3, -0.25) is 0 Å². The fourth-order valence-electron chi connectivity index (χ4n) is 2.50. The van der Waals surface area contributed by atoms with Crippen molar-refractivity contribution in [1.29, 1.82) is 0 Å². The van der Waals surface area contributed by atoms with Crippen molar-refractivity contribution in [2.75, 3.05) is 0 Å². The Kier molecular flexibility index (Phi) is 4.87. The van der Waals surface area contributed by atoms with Crippen LogP contribution in [-0.4, -0.2) is 0 Å². The maximum absolute atomic E-state index is 13.9. The predicted octanol–water partition coefficient (Wildman–Crippen LogP) is 4.67. The van der Waals surface area contributed by atoms with Crippen molar-refractivity contribution in [1.82, 2.24) is 0 Å². The van der Waals surface area contributed by atoms with E-state index in [2.05, 4.69) is 0 Å². The molecule has 4 heteroatoms. The summed E-state index contributed by atoms with van der Waals surface area (Å²) in [6.45, 7) is 0.663. The number of nitrogens with two attached hydrogens (primary N) is 1. The van der Waals surface area contributed by atoms with Gasteiger partial charge in [0, 0.05) is 17.7 Å². The van der Waals surface area contributed by atoms with E-state index < -0.39 is 11.6 Å². The number of rotatable bonds is 5. The van der Waals surface area contributed by atoms with E-state index in [4.69, 9.17) is 10.5 Å². The highest BCUT2D eigenvalue weighted by Gasteiger charge is 2.10. The third-order valence-corrected chi connectivity index (χ3v) is 3.76. The average molecular weight is 325 g/mol. The van der Waals surface area contributed by atoms with Gasteiger partial charge < -0.3 is 10.5 Å². The highest BCUT2D eigenvalue weighted by atomic mass is 19.1. The first-order chi connectivity index (χ1) is 11.7. The topological polar surface area (TPSA) is 35.2 Å². The largest absolute Gasteiger partial charge is 0.489 e. The second-order valence-electron chi connectivity index (χ2n) is 5.43. The zero-order valence-electron chi connectivity index (χ0n) is 13.0. The first kappa shape index (κ1) is 16.1. The molecule has 0 radical (unpaired) electrons. The summed E-state index contributed by atoms with van der Waals surface area (Å²) in [7, 11) is 0. The summed E-state index contributed by atoms with van der Waals surface area (Å²) in [5.74, 6) is -0.315. The Morgan fingerprint density at radius 1 is 0.875 bits per heavy atom. The van der Waals surface area contributed by atoms with E-state index in [1.165, 1.54) is 6.07 Å². The Morgan fingerprint density at radius 2 is 1.67 bits per heavy atom. The molecule has 3 rings (SSSR count). The maximum atomic E-state index is 13.9. The normalized spacial score (nSPS) is 10.6. The Bertz CT molecular complexity index is 834. The Balaban J connectivity index is 1.86. The summed E-state index contributed by atoms with van der Waals surface area (Å²) < 4.78 is 33.1. The Hall–Kier alpha value is -2.72. The van der Waals surface area contributed by atoms with Gasteiger partial charge in [-0.25, -0.2) is 8.78 Å². The van der Waals surface area contributed by atoms with Gasteiger partial charge in [0.25, 0.3) is 0 Å². The second kappa shape index (κ2) is 7.23. The van der Waals surface area contributed by atoms with Gasteiger partial charge >= 0.3 is 0 Å². The van der Waals surface area contributed by atoms with Gasteiger partial charge in [-0.1, -0.05) is 36.4 Å². The average Bonchev–Trinajstić information content (AvgIpc) is 2.62. The van der Waals surface area contributed by atoms with Crippen molar-refractivity contribution in [3.8, 4) is 16.9 Å². The lowest BCUT2D eigenvalue weighted by molar-refractivity contribution is 0.303. The van der Waals surface area contributed by atoms with Crippen LogP contribution in [0.1, 0.15) is 11.1 Å². The monoisotopic (exact) mass is 325 g/mol. The van der Waals surface area contributed by atoms with Gasteiger partial charge in [0.2, 0.25) is 0 Å². The standard InChI is InChI=1S/C20H17F2NO/c21-17-7-8-19(22)18(11-17)15-6-9-20(16(10-15)12-23)24-13-14-4-2-1-3-5-14/h1-11H,12-13,23H2. The molecule has 0 saturated heterocycles. The van der Waals surface area contributed by atoms with Crippen molar-refractivity contribution in [3.05, 3.63) is 89.5 Å². The smallest absolute Gasteiger partial charge is 0.131 e. The van der Waals surface area contributed by atoms with E-state index in [9.17, 15) is 8.78 Å². The molecule has 0 spiro atoms. The van der Waals surface area contributed by atoms with Crippen LogP contribution in [0.3, 0.4) is 0 Å². The molecule has 0 fully saturated rings. The van der Waals surface area contributed by atoms with Gasteiger partial charge in [0.15, 0.2) is 0 Å². The fraction of sp³-hybridized carbons (Fsp3) is 0.100. The van der Waals surface area contributed by atoms with E-state index in [0.29, 0.717) is 17.9 Å². The first-order valence-electron chi connectivity index (χ1n) is 7.62. The summed E-state index contributed by atoms with van der Waals surface area (Å²) in [6.07, 6.45) is 0. The van der Waals surface area contributed by atoms with Crippen molar-refractivity contribution in [3.63, 3.8) is 0 Å². The van der Waals surface area contributed by atoms with Gasteiger partial charge in [-0.2, -0.15) is 0 Å². The molecule has 122 valence electrons. The van der Waals surface area contributed by atoms with Gasteiger partial charge in [0.1, 0.15) is 24.0 Å². The van der Waals surface area contributed by atoms with E-state index in [0.717, 1.165) is 23.3 Å². The molecule has 0 amide bonds. The second-order valence-corrected chi connectivity index (χ2v) is 5.43. The molecule has 0 aromatic heterocycles. The van der Waals surface area contributed by atoms with Crippen LogP contribution in [0.15, 0.2) is 66.7 Å². The summed E-state index contributed by atoms with van der Waals surface area (Å²) in [4.78, 5) is 0. The maximum Gasteiger partial charge on any atom is 0.131 e. The summed E-state index contributed by atoms with van der Waals surface area (Å²) in [5, 5.41) is 0. The van der Waals surface area contributed by atoms with Crippen LogP contribution in [0.4, 0.5) is 8.78 Å². The highest BCUT2D eigenvalue weighted by molar-refractivity contribution is 5.66. The molecule has 3 aromatic rings. The van der Waals surface area contributed by atoms with Crippen molar-refractivity contribution in [2.24, 2.45) is 5.73 Å². The fourth-order valence-corrected chi connectivity index (χ4v) is 2.50. The first-order valence-corrected chi connectivity index (χ1v) is 7.62. The number of ether oxygens (including phenoxy) is 1. The molecule has 0 heterocycles. The minimum Gasteiger partial charge on any atom is -0.489 e. The van der Waals surface area contributed by atoms with Crippen LogP contribution >= 0.6 is 0 Å². The summed E-state index contributed by atoms with van der Waals surface area (Å²) in [5.41, 5.74) is 8.35. The van der Waals surface area contributed by atoms with Crippen molar-refractivity contribution >= 4 is 0 Å². The molecule has 0 unspecified atom stereocenters. The molecule has 0 saturated carbocycles. The third kappa shape index (κ3) is 3.60. The molecule has 0 aliphatic carbocycles. The summed E-state index contributed by atoms with van der Waals surface area (Å²) in [6, 6.07) is 18.3. The molecule has 2 nitrogen and oxygen atoms in total. The lowest BCUT2D eigenvalue weighted by Crippen LogP contribution is -2.03. The van der Waals surface area contributed by atoms with Crippen LogP contribution in [0.25, 0.3) is 11.1 Å². The number of hydrogen-bond acceptors (Lipinski definition) is 2. The number of halogens is 2. The molecule has 0 bridgehead atoms. The summed E-state index contributed by atoms with van der Waals surface area (Å²) >= 11 is 0. The zero-order chi connectivity index (χ0) is 16.9. The molecule has 3 aromatic carbocycles. The number of benzene rings is 3. The molecular formula is C20H17F2NO. The van der Waals surface area contributed by atoms with Crippen molar-refractivity contribution < 1.29 is 13.5 Å². The number of hydrogen-bond donors (Lipinski definition) is 1. The third-order valence-electron chi connectivity index (χ3n) is 3.76. The van der Waals surface area contributed by atoms with Crippen LogP contribution in [0.5, 0.6) is 5.75 Å². The molecular weight excluding hydrogens is 308 g/mol. The predicted molar refractivity (Wildman–Crippen MR) is 90.5 cm³/mol. The lowest BCUT2D eigenvalue weighted by Gasteiger charge is -2.13. The van der Waals surface area contributed by atoms with Crippen molar-refractivity contribution in [2.45, 2.75) is 13.2 Å².